The Hall–Kier alpha value is -2.16. The maximum atomic E-state index is 12.6. The molecule has 0 radical (unpaired) electrons. The third kappa shape index (κ3) is 8.41. The number of alkyl halides is 3. The van der Waals surface area contributed by atoms with E-state index in [0.29, 0.717) is 37.7 Å². The van der Waals surface area contributed by atoms with Crippen LogP contribution in [0.2, 0.25) is 0 Å². The van der Waals surface area contributed by atoms with Crippen LogP contribution < -0.4 is 0 Å². The van der Waals surface area contributed by atoms with Crippen LogP contribution in [0.25, 0.3) is 0 Å². The number of benzene rings is 1. The number of aliphatic carboxylic acids is 1. The van der Waals surface area contributed by atoms with Gasteiger partial charge in [-0.1, -0.05) is 36.4 Å². The Balaban J connectivity index is 1.84. The SMILES string of the molecule is O=C(O)CCCC=CC[C@@H]1[C@@H](C=C[C@@H](O)CCc2ccc(C(F)(F)F)cc2)[C@H](O)C[C@@H]1O. The molecule has 1 aromatic rings. The van der Waals surface area contributed by atoms with E-state index >= 15 is 0 Å². The number of unbranched alkanes of at least 4 members (excludes halogenated alkanes) is 1. The summed E-state index contributed by atoms with van der Waals surface area (Å²) in [6.45, 7) is 0. The van der Waals surface area contributed by atoms with Crippen molar-refractivity contribution in [1.82, 2.24) is 0 Å². The van der Waals surface area contributed by atoms with Crippen LogP contribution in [0.4, 0.5) is 13.2 Å². The summed E-state index contributed by atoms with van der Waals surface area (Å²) in [7, 11) is 0. The van der Waals surface area contributed by atoms with E-state index in [1.54, 1.807) is 12.2 Å². The average molecular weight is 457 g/mol. The van der Waals surface area contributed by atoms with Crippen molar-refractivity contribution in [3.8, 4) is 0 Å². The minimum atomic E-state index is -4.38. The monoisotopic (exact) mass is 456 g/mol. The number of carboxylic acids is 1. The van der Waals surface area contributed by atoms with Crippen LogP contribution >= 0.6 is 0 Å². The van der Waals surface area contributed by atoms with Crippen LogP contribution in [0, 0.1) is 11.8 Å². The van der Waals surface area contributed by atoms with E-state index in [1.807, 2.05) is 12.2 Å². The van der Waals surface area contributed by atoms with Gasteiger partial charge in [0.1, 0.15) is 0 Å². The Morgan fingerprint density at radius 2 is 1.81 bits per heavy atom. The minimum Gasteiger partial charge on any atom is -0.481 e. The lowest BCUT2D eigenvalue weighted by molar-refractivity contribution is -0.138. The molecule has 1 fully saturated rings. The Kier molecular flexibility index (Phi) is 9.93. The molecule has 1 aliphatic carbocycles. The highest BCUT2D eigenvalue weighted by molar-refractivity contribution is 5.66. The highest BCUT2D eigenvalue weighted by Crippen LogP contribution is 2.36. The first kappa shape index (κ1) is 26.1. The molecular weight excluding hydrogens is 425 g/mol. The molecule has 5 nitrogen and oxygen atoms in total. The highest BCUT2D eigenvalue weighted by Gasteiger charge is 2.39. The van der Waals surface area contributed by atoms with Gasteiger partial charge < -0.3 is 20.4 Å². The van der Waals surface area contributed by atoms with Gasteiger partial charge in [-0.3, -0.25) is 4.79 Å². The molecule has 0 saturated heterocycles. The molecule has 5 atom stereocenters. The summed E-state index contributed by atoms with van der Waals surface area (Å²) in [4.78, 5) is 10.5. The minimum absolute atomic E-state index is 0.102. The van der Waals surface area contributed by atoms with Crippen molar-refractivity contribution < 1.29 is 38.4 Å². The van der Waals surface area contributed by atoms with Gasteiger partial charge in [-0.2, -0.15) is 13.2 Å². The number of carboxylic acid groups (broad SMARTS) is 1. The fourth-order valence-electron chi connectivity index (χ4n) is 3.98. The molecule has 1 aromatic carbocycles. The fraction of sp³-hybridized carbons (Fsp3) is 0.542. The number of aryl methyl sites for hydroxylation is 1. The number of aliphatic hydroxyl groups excluding tert-OH is 3. The molecule has 0 aliphatic heterocycles. The molecular formula is C24H31F3O5. The van der Waals surface area contributed by atoms with E-state index in [1.165, 1.54) is 12.1 Å². The van der Waals surface area contributed by atoms with Crippen molar-refractivity contribution in [3.63, 3.8) is 0 Å². The second-order valence-electron chi connectivity index (χ2n) is 8.29. The number of rotatable bonds is 11. The van der Waals surface area contributed by atoms with Crippen molar-refractivity contribution in [2.75, 3.05) is 0 Å². The van der Waals surface area contributed by atoms with Crippen LogP contribution in [0.5, 0.6) is 0 Å². The van der Waals surface area contributed by atoms with Gasteiger partial charge in [0, 0.05) is 18.8 Å². The van der Waals surface area contributed by atoms with Gasteiger partial charge in [-0.15, -0.1) is 0 Å². The van der Waals surface area contributed by atoms with E-state index in [4.69, 9.17) is 5.11 Å². The first-order valence-electron chi connectivity index (χ1n) is 10.8. The van der Waals surface area contributed by atoms with Crippen LogP contribution in [0.3, 0.4) is 0 Å². The molecule has 1 saturated carbocycles. The van der Waals surface area contributed by atoms with Gasteiger partial charge in [0.15, 0.2) is 0 Å². The summed E-state index contributed by atoms with van der Waals surface area (Å²) in [5, 5.41) is 39.4. The third-order valence-corrected chi connectivity index (χ3v) is 5.82. The number of allylic oxidation sites excluding steroid dienone is 2. The number of carbonyl (C=O) groups is 1. The van der Waals surface area contributed by atoms with Crippen LogP contribution in [0.1, 0.15) is 49.7 Å². The summed E-state index contributed by atoms with van der Waals surface area (Å²) < 4.78 is 37.9. The zero-order valence-electron chi connectivity index (χ0n) is 17.8. The van der Waals surface area contributed by atoms with Crippen molar-refractivity contribution >= 4 is 5.97 Å². The Morgan fingerprint density at radius 1 is 1.12 bits per heavy atom. The molecule has 0 aromatic heterocycles. The normalized spacial score (nSPS) is 25.1. The first-order valence-corrected chi connectivity index (χ1v) is 10.8. The summed E-state index contributed by atoms with van der Waals surface area (Å²) in [5.41, 5.74) is -0.0230. The molecule has 2 rings (SSSR count). The number of halogens is 3. The van der Waals surface area contributed by atoms with Crippen molar-refractivity contribution in [3.05, 3.63) is 59.7 Å². The van der Waals surface area contributed by atoms with E-state index in [-0.39, 0.29) is 24.7 Å². The van der Waals surface area contributed by atoms with Crippen molar-refractivity contribution in [2.45, 2.75) is 69.4 Å². The van der Waals surface area contributed by atoms with Gasteiger partial charge in [0.05, 0.1) is 23.9 Å². The van der Waals surface area contributed by atoms with Gasteiger partial charge in [-0.05, 0) is 55.7 Å². The molecule has 4 N–H and O–H groups in total. The van der Waals surface area contributed by atoms with Crippen molar-refractivity contribution in [1.29, 1.82) is 0 Å². The summed E-state index contributed by atoms with van der Waals surface area (Å²) in [5.74, 6) is -1.37. The quantitative estimate of drug-likeness (QED) is 0.297. The summed E-state index contributed by atoms with van der Waals surface area (Å²) in [6.07, 6.45) is 3.20. The predicted octanol–water partition coefficient (Wildman–Crippen LogP) is 4.11. The van der Waals surface area contributed by atoms with Crippen LogP contribution in [-0.4, -0.2) is 44.7 Å². The molecule has 32 heavy (non-hydrogen) atoms. The lowest BCUT2D eigenvalue weighted by Gasteiger charge is -2.19. The zero-order valence-corrected chi connectivity index (χ0v) is 17.8. The standard InChI is InChI=1S/C24H31F3O5/c25-24(26,27)17-10-7-16(8-11-17)9-12-18(28)13-14-20-19(21(29)15-22(20)30)5-3-1-2-4-6-23(31)32/h1,3,7-8,10-11,13-14,18-22,28-30H,2,4-6,9,12,15H2,(H,31,32)/t18-,19+,20+,21-,22+/m0/s1. The third-order valence-electron chi connectivity index (χ3n) is 5.82. The van der Waals surface area contributed by atoms with Gasteiger partial charge in [0.2, 0.25) is 0 Å². The number of hydrogen-bond donors (Lipinski definition) is 4. The maximum Gasteiger partial charge on any atom is 0.416 e. The molecule has 0 heterocycles. The molecule has 8 heteroatoms. The number of aliphatic hydroxyl groups is 3. The average Bonchev–Trinajstić information content (AvgIpc) is 2.99. The first-order chi connectivity index (χ1) is 15.1. The van der Waals surface area contributed by atoms with E-state index in [9.17, 15) is 33.3 Å². The summed E-state index contributed by atoms with van der Waals surface area (Å²) in [6, 6.07) is 4.84. The maximum absolute atomic E-state index is 12.6. The lowest BCUT2D eigenvalue weighted by Crippen LogP contribution is -2.20. The van der Waals surface area contributed by atoms with Crippen LogP contribution in [0.15, 0.2) is 48.6 Å². The van der Waals surface area contributed by atoms with E-state index in [2.05, 4.69) is 0 Å². The zero-order chi connectivity index (χ0) is 23.7. The van der Waals surface area contributed by atoms with E-state index in [0.717, 1.165) is 12.1 Å². The molecule has 0 unspecified atom stereocenters. The second kappa shape index (κ2) is 12.2. The largest absolute Gasteiger partial charge is 0.481 e. The molecule has 178 valence electrons. The molecule has 0 amide bonds. The Labute approximate surface area is 185 Å². The lowest BCUT2D eigenvalue weighted by atomic mass is 9.89. The van der Waals surface area contributed by atoms with Gasteiger partial charge in [0.25, 0.3) is 0 Å². The highest BCUT2D eigenvalue weighted by atomic mass is 19.4. The Morgan fingerprint density at radius 3 is 2.44 bits per heavy atom. The molecule has 0 spiro atoms. The Bertz CT molecular complexity index is 773. The molecule has 0 bridgehead atoms. The smallest absolute Gasteiger partial charge is 0.416 e. The number of hydrogen-bond acceptors (Lipinski definition) is 4. The van der Waals surface area contributed by atoms with Crippen LogP contribution in [-0.2, 0) is 17.4 Å². The van der Waals surface area contributed by atoms with Gasteiger partial charge in [-0.25, -0.2) is 0 Å². The molecule has 1 aliphatic rings. The van der Waals surface area contributed by atoms with Crippen molar-refractivity contribution in [2.24, 2.45) is 11.8 Å². The fourth-order valence-corrected chi connectivity index (χ4v) is 3.98. The topological polar surface area (TPSA) is 98.0 Å². The summed E-state index contributed by atoms with van der Waals surface area (Å²) >= 11 is 0. The second-order valence-corrected chi connectivity index (χ2v) is 8.29. The van der Waals surface area contributed by atoms with E-state index < -0.39 is 36.0 Å². The van der Waals surface area contributed by atoms with Gasteiger partial charge >= 0.3 is 12.1 Å². The predicted molar refractivity (Wildman–Crippen MR) is 114 cm³/mol.